The molecule has 5 rings (SSSR count). The van der Waals surface area contributed by atoms with Gasteiger partial charge in [0.25, 0.3) is 0 Å². The molecule has 1 fully saturated rings. The number of halogens is 2. The number of hydrogen-bond donors (Lipinski definition) is 0. The normalized spacial score (nSPS) is 14.5. The minimum absolute atomic E-state index is 0.516. The van der Waals surface area contributed by atoms with Crippen LogP contribution in [0.25, 0.3) is 16.9 Å². The van der Waals surface area contributed by atoms with Gasteiger partial charge in [0, 0.05) is 61.9 Å². The molecule has 0 amide bonds. The molecule has 2 aromatic heterocycles. The second kappa shape index (κ2) is 9.74. The average molecular weight is 493 g/mol. The van der Waals surface area contributed by atoms with Crippen molar-refractivity contribution in [3.05, 3.63) is 87.9 Å². The lowest BCUT2D eigenvalue weighted by Gasteiger charge is -2.36. The number of hydrogen-bond acceptors (Lipinski definition) is 5. The maximum Gasteiger partial charge on any atom is 0.155 e. The zero-order valence-corrected chi connectivity index (χ0v) is 20.8. The van der Waals surface area contributed by atoms with Crippen molar-refractivity contribution in [3.63, 3.8) is 0 Å². The number of benzene rings is 2. The smallest absolute Gasteiger partial charge is 0.155 e. The van der Waals surface area contributed by atoms with Gasteiger partial charge >= 0.3 is 0 Å². The molecule has 8 heteroatoms. The largest absolute Gasteiger partial charge is 0.352 e. The summed E-state index contributed by atoms with van der Waals surface area (Å²) in [6.45, 7) is 8.76. The summed E-state index contributed by atoms with van der Waals surface area (Å²) in [5.74, 6) is 0.879. The lowest BCUT2D eigenvalue weighted by molar-refractivity contribution is 0.248. The van der Waals surface area contributed by atoms with Crippen LogP contribution in [0, 0.1) is 13.8 Å². The zero-order chi connectivity index (χ0) is 23.7. The first kappa shape index (κ1) is 22.8. The van der Waals surface area contributed by atoms with Crippen LogP contribution in [0.5, 0.6) is 0 Å². The maximum absolute atomic E-state index is 6.26. The van der Waals surface area contributed by atoms with Gasteiger partial charge in [0.1, 0.15) is 5.69 Å². The molecular formula is C26H26Cl2N6. The van der Waals surface area contributed by atoms with Crippen molar-refractivity contribution < 1.29 is 0 Å². The predicted molar refractivity (Wildman–Crippen MR) is 138 cm³/mol. The van der Waals surface area contributed by atoms with E-state index in [2.05, 4.69) is 45.7 Å². The summed E-state index contributed by atoms with van der Waals surface area (Å²) in [5.41, 5.74) is 6.41. The molecule has 0 radical (unpaired) electrons. The Kier molecular flexibility index (Phi) is 6.55. The first-order chi connectivity index (χ1) is 16.5. The highest BCUT2D eigenvalue weighted by molar-refractivity contribution is 6.42. The monoisotopic (exact) mass is 492 g/mol. The Morgan fingerprint density at radius 3 is 2.32 bits per heavy atom. The second-order valence-corrected chi connectivity index (χ2v) is 9.33. The van der Waals surface area contributed by atoms with Crippen molar-refractivity contribution in [1.82, 2.24) is 24.6 Å². The highest BCUT2D eigenvalue weighted by atomic mass is 35.5. The van der Waals surface area contributed by atoms with Gasteiger partial charge in [-0.25, -0.2) is 9.67 Å². The van der Waals surface area contributed by atoms with Crippen LogP contribution in [0.3, 0.4) is 0 Å². The molecule has 0 bridgehead atoms. The fourth-order valence-electron chi connectivity index (χ4n) is 4.47. The van der Waals surface area contributed by atoms with Gasteiger partial charge < -0.3 is 4.90 Å². The fourth-order valence-corrected chi connectivity index (χ4v) is 4.77. The number of anilines is 1. The lowest BCUT2D eigenvalue weighted by Crippen LogP contribution is -2.46. The molecule has 0 aliphatic carbocycles. The molecule has 1 aliphatic heterocycles. The standard InChI is InChI=1S/C26H26Cl2N6/c1-18-22(19(2)34(31-18)21-6-4-3-5-7-21)17-32-12-14-33(15-13-32)26-25(29-10-11-30-26)20-8-9-23(27)24(28)16-20/h3-11,16H,12-15,17H2,1-2H3. The first-order valence-corrected chi connectivity index (χ1v) is 12.1. The fraction of sp³-hybridized carbons (Fsp3) is 0.269. The summed E-state index contributed by atoms with van der Waals surface area (Å²) in [4.78, 5) is 14.1. The molecule has 0 N–H and O–H groups in total. The third kappa shape index (κ3) is 4.53. The summed E-state index contributed by atoms with van der Waals surface area (Å²) in [7, 11) is 0. The summed E-state index contributed by atoms with van der Waals surface area (Å²) in [6.07, 6.45) is 3.46. The number of aromatic nitrogens is 4. The molecule has 4 aromatic rings. The van der Waals surface area contributed by atoms with Crippen LogP contribution >= 0.6 is 23.2 Å². The quantitative estimate of drug-likeness (QED) is 0.364. The Bertz CT molecular complexity index is 1300. The van der Waals surface area contributed by atoms with E-state index in [0.717, 1.165) is 61.2 Å². The van der Waals surface area contributed by atoms with Crippen LogP contribution in [0.2, 0.25) is 10.0 Å². The number of rotatable bonds is 5. The van der Waals surface area contributed by atoms with Crippen molar-refractivity contribution in [3.8, 4) is 16.9 Å². The topological polar surface area (TPSA) is 50.1 Å². The van der Waals surface area contributed by atoms with Crippen molar-refractivity contribution in [2.45, 2.75) is 20.4 Å². The van der Waals surface area contributed by atoms with Crippen molar-refractivity contribution >= 4 is 29.0 Å². The summed E-state index contributed by atoms with van der Waals surface area (Å²) >= 11 is 12.4. The van der Waals surface area contributed by atoms with Crippen molar-refractivity contribution in [2.75, 3.05) is 31.1 Å². The Hall–Kier alpha value is -2.93. The number of nitrogens with zero attached hydrogens (tertiary/aromatic N) is 6. The molecule has 0 spiro atoms. The molecule has 2 aromatic carbocycles. The molecule has 0 unspecified atom stereocenters. The Morgan fingerprint density at radius 2 is 1.59 bits per heavy atom. The zero-order valence-electron chi connectivity index (χ0n) is 19.2. The van der Waals surface area contributed by atoms with Gasteiger partial charge in [-0.2, -0.15) is 5.10 Å². The van der Waals surface area contributed by atoms with Crippen LogP contribution in [0.1, 0.15) is 17.0 Å². The average Bonchev–Trinajstić information content (AvgIpc) is 3.15. The van der Waals surface area contributed by atoms with Crippen molar-refractivity contribution in [2.24, 2.45) is 0 Å². The SMILES string of the molecule is Cc1nn(-c2ccccc2)c(C)c1CN1CCN(c2nccnc2-c2ccc(Cl)c(Cl)c2)CC1. The van der Waals surface area contributed by atoms with E-state index in [0.29, 0.717) is 10.0 Å². The Morgan fingerprint density at radius 1 is 0.853 bits per heavy atom. The Labute approximate surface area is 209 Å². The van der Waals surface area contributed by atoms with Crippen LogP contribution < -0.4 is 4.90 Å². The number of para-hydroxylation sites is 1. The van der Waals surface area contributed by atoms with Gasteiger partial charge in [-0.3, -0.25) is 9.88 Å². The van der Waals surface area contributed by atoms with E-state index in [4.69, 9.17) is 28.3 Å². The molecule has 0 atom stereocenters. The minimum atomic E-state index is 0.516. The molecule has 1 aliphatic rings. The molecule has 6 nitrogen and oxygen atoms in total. The molecule has 34 heavy (non-hydrogen) atoms. The van der Waals surface area contributed by atoms with Gasteiger partial charge in [-0.15, -0.1) is 0 Å². The van der Waals surface area contributed by atoms with E-state index in [-0.39, 0.29) is 0 Å². The van der Waals surface area contributed by atoms with Crippen LogP contribution in [0.4, 0.5) is 5.82 Å². The molecule has 3 heterocycles. The number of piperazine rings is 1. The van der Waals surface area contributed by atoms with E-state index in [9.17, 15) is 0 Å². The predicted octanol–water partition coefficient (Wildman–Crippen LogP) is 5.58. The van der Waals surface area contributed by atoms with Gasteiger partial charge in [0.15, 0.2) is 5.82 Å². The third-order valence-corrected chi connectivity index (χ3v) is 7.11. The van der Waals surface area contributed by atoms with Gasteiger partial charge in [-0.1, -0.05) is 47.5 Å². The highest BCUT2D eigenvalue weighted by Crippen LogP contribution is 2.32. The molecule has 1 saturated heterocycles. The van der Waals surface area contributed by atoms with Crippen LogP contribution in [0.15, 0.2) is 60.9 Å². The number of aryl methyl sites for hydroxylation is 1. The lowest BCUT2D eigenvalue weighted by atomic mass is 10.1. The summed E-state index contributed by atoms with van der Waals surface area (Å²) < 4.78 is 2.05. The van der Waals surface area contributed by atoms with E-state index in [1.807, 2.05) is 35.0 Å². The first-order valence-electron chi connectivity index (χ1n) is 11.4. The van der Waals surface area contributed by atoms with E-state index >= 15 is 0 Å². The van der Waals surface area contributed by atoms with E-state index in [1.165, 1.54) is 11.3 Å². The maximum atomic E-state index is 6.26. The third-order valence-electron chi connectivity index (χ3n) is 6.37. The van der Waals surface area contributed by atoms with Gasteiger partial charge in [-0.05, 0) is 38.1 Å². The summed E-state index contributed by atoms with van der Waals surface area (Å²) in [5, 5.41) is 5.86. The van der Waals surface area contributed by atoms with E-state index < -0.39 is 0 Å². The molecular weight excluding hydrogens is 467 g/mol. The van der Waals surface area contributed by atoms with Crippen LogP contribution in [-0.2, 0) is 6.54 Å². The molecule has 174 valence electrons. The summed E-state index contributed by atoms with van der Waals surface area (Å²) in [6, 6.07) is 15.9. The minimum Gasteiger partial charge on any atom is -0.352 e. The van der Waals surface area contributed by atoms with Gasteiger partial charge in [0.2, 0.25) is 0 Å². The Balaban J connectivity index is 1.30. The van der Waals surface area contributed by atoms with Gasteiger partial charge in [0.05, 0.1) is 21.4 Å². The van der Waals surface area contributed by atoms with Crippen molar-refractivity contribution in [1.29, 1.82) is 0 Å². The van der Waals surface area contributed by atoms with Crippen LogP contribution in [-0.4, -0.2) is 50.8 Å². The second-order valence-electron chi connectivity index (χ2n) is 8.52. The van der Waals surface area contributed by atoms with E-state index in [1.54, 1.807) is 18.5 Å². The molecule has 0 saturated carbocycles. The highest BCUT2D eigenvalue weighted by Gasteiger charge is 2.23.